The normalized spacial score (nSPS) is 20.1. The van der Waals surface area contributed by atoms with Gasteiger partial charge in [-0.25, -0.2) is 4.79 Å². The fraction of sp³-hybridized carbons (Fsp3) is 0.400. The number of hydrogen-bond donors (Lipinski definition) is 1. The van der Waals surface area contributed by atoms with Crippen LogP contribution in [0.1, 0.15) is 18.4 Å². The first kappa shape index (κ1) is 13.6. The molecule has 3 rings (SSSR count). The van der Waals surface area contributed by atoms with Gasteiger partial charge in [0.05, 0.1) is 0 Å². The molecule has 2 heterocycles. The maximum atomic E-state index is 12.2. The molecule has 0 aromatic heterocycles. The van der Waals surface area contributed by atoms with Crippen LogP contribution in [0.3, 0.4) is 0 Å². The lowest BCUT2D eigenvalue weighted by Crippen LogP contribution is -2.38. The second kappa shape index (κ2) is 5.55. The Morgan fingerprint density at radius 2 is 2.10 bits per heavy atom. The highest BCUT2D eigenvalue weighted by Crippen LogP contribution is 2.27. The molecule has 2 amide bonds. The van der Waals surface area contributed by atoms with Crippen LogP contribution in [-0.2, 0) is 25.5 Å². The molecule has 110 valence electrons. The number of para-hydroxylation sites is 1. The summed E-state index contributed by atoms with van der Waals surface area (Å²) in [5.41, 5.74) is 2.01. The number of esters is 1. The second-order valence-electron chi connectivity index (χ2n) is 5.19. The van der Waals surface area contributed by atoms with Crippen molar-refractivity contribution in [3.05, 3.63) is 29.8 Å². The number of nitrogens with one attached hydrogen (secondary N) is 1. The van der Waals surface area contributed by atoms with Crippen LogP contribution >= 0.6 is 0 Å². The zero-order valence-corrected chi connectivity index (χ0v) is 11.5. The summed E-state index contributed by atoms with van der Waals surface area (Å²) in [6.07, 6.45) is 1.57. The van der Waals surface area contributed by atoms with Gasteiger partial charge in [0.15, 0.2) is 6.61 Å². The molecule has 1 fully saturated rings. The van der Waals surface area contributed by atoms with Crippen molar-refractivity contribution in [2.24, 2.45) is 0 Å². The molecular formula is C15H16N2O4. The van der Waals surface area contributed by atoms with E-state index in [0.717, 1.165) is 17.7 Å². The van der Waals surface area contributed by atoms with Crippen LogP contribution in [0.25, 0.3) is 0 Å². The van der Waals surface area contributed by atoms with Gasteiger partial charge in [-0.2, -0.15) is 0 Å². The highest BCUT2D eigenvalue weighted by atomic mass is 16.5. The molecule has 1 aromatic rings. The Kier molecular flexibility index (Phi) is 3.60. The van der Waals surface area contributed by atoms with Crippen molar-refractivity contribution < 1.29 is 19.1 Å². The quantitative estimate of drug-likeness (QED) is 0.817. The maximum Gasteiger partial charge on any atom is 0.329 e. The predicted octanol–water partition coefficient (Wildman–Crippen LogP) is 0.397. The van der Waals surface area contributed by atoms with Crippen LogP contribution in [0.4, 0.5) is 5.69 Å². The van der Waals surface area contributed by atoms with E-state index in [4.69, 9.17) is 4.74 Å². The molecule has 6 nitrogen and oxygen atoms in total. The van der Waals surface area contributed by atoms with Crippen molar-refractivity contribution in [2.45, 2.75) is 25.3 Å². The van der Waals surface area contributed by atoms with E-state index in [1.165, 1.54) is 0 Å². The van der Waals surface area contributed by atoms with Crippen molar-refractivity contribution in [1.82, 2.24) is 5.32 Å². The SMILES string of the molecule is O=C1CC[C@H](C(=O)OCC(=O)N2CCc3ccccc32)N1. The van der Waals surface area contributed by atoms with E-state index >= 15 is 0 Å². The summed E-state index contributed by atoms with van der Waals surface area (Å²) in [5, 5.41) is 2.52. The molecule has 2 aliphatic heterocycles. The van der Waals surface area contributed by atoms with Crippen molar-refractivity contribution in [2.75, 3.05) is 18.1 Å². The predicted molar refractivity (Wildman–Crippen MR) is 74.6 cm³/mol. The number of rotatable bonds is 3. The molecule has 0 bridgehead atoms. The largest absolute Gasteiger partial charge is 0.454 e. The van der Waals surface area contributed by atoms with Crippen molar-refractivity contribution in [3.63, 3.8) is 0 Å². The lowest BCUT2D eigenvalue weighted by atomic mass is 10.2. The van der Waals surface area contributed by atoms with E-state index in [2.05, 4.69) is 5.32 Å². The zero-order chi connectivity index (χ0) is 14.8. The second-order valence-corrected chi connectivity index (χ2v) is 5.19. The first-order valence-electron chi connectivity index (χ1n) is 6.99. The molecule has 21 heavy (non-hydrogen) atoms. The standard InChI is InChI=1S/C15H16N2O4/c18-13-6-5-11(16-13)15(20)21-9-14(19)17-8-7-10-3-1-2-4-12(10)17/h1-4,11H,5-9H2,(H,16,18)/t11-/m1/s1. The molecule has 0 saturated carbocycles. The number of benzene rings is 1. The first-order valence-corrected chi connectivity index (χ1v) is 6.99. The summed E-state index contributed by atoms with van der Waals surface area (Å²) >= 11 is 0. The third kappa shape index (κ3) is 2.74. The lowest BCUT2D eigenvalue weighted by molar-refractivity contribution is -0.150. The van der Waals surface area contributed by atoms with Gasteiger partial charge >= 0.3 is 5.97 Å². The minimum absolute atomic E-state index is 0.156. The van der Waals surface area contributed by atoms with Gasteiger partial charge < -0.3 is 15.0 Å². The Balaban J connectivity index is 1.56. The number of carbonyl (C=O) groups excluding carboxylic acids is 3. The van der Waals surface area contributed by atoms with Gasteiger partial charge in [-0.3, -0.25) is 9.59 Å². The van der Waals surface area contributed by atoms with Crippen LogP contribution in [0.15, 0.2) is 24.3 Å². The third-order valence-corrected chi connectivity index (χ3v) is 3.81. The summed E-state index contributed by atoms with van der Waals surface area (Å²) in [6.45, 7) is 0.315. The maximum absolute atomic E-state index is 12.2. The van der Waals surface area contributed by atoms with Gasteiger partial charge in [0.2, 0.25) is 5.91 Å². The molecular weight excluding hydrogens is 272 g/mol. The Labute approximate surface area is 122 Å². The summed E-state index contributed by atoms with van der Waals surface area (Å²) in [5.74, 6) is -0.934. The van der Waals surface area contributed by atoms with E-state index in [1.807, 2.05) is 24.3 Å². The average molecular weight is 288 g/mol. The highest BCUT2D eigenvalue weighted by Gasteiger charge is 2.30. The molecule has 0 aliphatic carbocycles. The van der Waals surface area contributed by atoms with E-state index in [1.54, 1.807) is 4.90 Å². The van der Waals surface area contributed by atoms with Gasteiger partial charge in [-0.15, -0.1) is 0 Å². The number of fused-ring (bicyclic) bond motifs is 1. The number of hydrogen-bond acceptors (Lipinski definition) is 4. The van der Waals surface area contributed by atoms with Crippen LogP contribution in [0, 0.1) is 0 Å². The van der Waals surface area contributed by atoms with Crippen LogP contribution < -0.4 is 10.2 Å². The molecule has 1 N–H and O–H groups in total. The Morgan fingerprint density at radius 1 is 1.29 bits per heavy atom. The van der Waals surface area contributed by atoms with Gasteiger partial charge in [0, 0.05) is 18.7 Å². The van der Waals surface area contributed by atoms with Crippen molar-refractivity contribution >= 4 is 23.5 Å². The van der Waals surface area contributed by atoms with Crippen molar-refractivity contribution in [3.8, 4) is 0 Å². The van der Waals surface area contributed by atoms with Crippen molar-refractivity contribution in [1.29, 1.82) is 0 Å². The van der Waals surface area contributed by atoms with Gasteiger partial charge in [0.25, 0.3) is 5.91 Å². The average Bonchev–Trinajstić information content (AvgIpc) is 3.10. The fourth-order valence-electron chi connectivity index (χ4n) is 2.70. The number of anilines is 1. The fourth-order valence-corrected chi connectivity index (χ4v) is 2.70. The Hall–Kier alpha value is -2.37. The molecule has 1 aromatic carbocycles. The molecule has 0 radical (unpaired) electrons. The van der Waals surface area contributed by atoms with E-state index in [-0.39, 0.29) is 18.4 Å². The molecule has 0 spiro atoms. The molecule has 1 saturated heterocycles. The summed E-state index contributed by atoms with van der Waals surface area (Å²) in [4.78, 5) is 36.6. The van der Waals surface area contributed by atoms with Crippen LogP contribution in [-0.4, -0.2) is 37.0 Å². The lowest BCUT2D eigenvalue weighted by Gasteiger charge is -2.18. The zero-order valence-electron chi connectivity index (χ0n) is 11.5. The number of nitrogens with zero attached hydrogens (tertiary/aromatic N) is 1. The molecule has 2 aliphatic rings. The molecule has 0 unspecified atom stereocenters. The third-order valence-electron chi connectivity index (χ3n) is 3.81. The first-order chi connectivity index (χ1) is 10.1. The van der Waals surface area contributed by atoms with Gasteiger partial charge in [-0.05, 0) is 24.5 Å². The topological polar surface area (TPSA) is 75.7 Å². The molecule has 6 heteroatoms. The Morgan fingerprint density at radius 3 is 2.86 bits per heavy atom. The monoisotopic (exact) mass is 288 g/mol. The minimum atomic E-state index is -0.615. The summed E-state index contributed by atoms with van der Waals surface area (Å²) in [6, 6.07) is 7.08. The Bertz CT molecular complexity index is 599. The number of carbonyl (C=O) groups is 3. The van der Waals surface area contributed by atoms with Gasteiger partial charge in [0.1, 0.15) is 6.04 Å². The van der Waals surface area contributed by atoms with E-state index in [0.29, 0.717) is 19.4 Å². The van der Waals surface area contributed by atoms with Crippen LogP contribution in [0.5, 0.6) is 0 Å². The smallest absolute Gasteiger partial charge is 0.329 e. The summed E-state index contributed by atoms with van der Waals surface area (Å²) < 4.78 is 5.02. The van der Waals surface area contributed by atoms with E-state index in [9.17, 15) is 14.4 Å². The number of amides is 2. The van der Waals surface area contributed by atoms with E-state index < -0.39 is 12.0 Å². The van der Waals surface area contributed by atoms with Gasteiger partial charge in [-0.1, -0.05) is 18.2 Å². The number of ether oxygens (including phenoxy) is 1. The molecule has 1 atom stereocenters. The van der Waals surface area contributed by atoms with Crippen LogP contribution in [0.2, 0.25) is 0 Å². The highest BCUT2D eigenvalue weighted by molar-refractivity contribution is 5.97. The minimum Gasteiger partial charge on any atom is -0.454 e. The summed E-state index contributed by atoms with van der Waals surface area (Å²) in [7, 11) is 0.